The Kier molecular flexibility index (Phi) is 6.17. The Morgan fingerprint density at radius 2 is 1.90 bits per heavy atom. The normalized spacial score (nSPS) is 14.2. The molecule has 1 aromatic rings. The zero-order chi connectivity index (χ0) is 15.2. The van der Waals surface area contributed by atoms with Crippen LogP contribution in [0.5, 0.6) is 0 Å². The predicted molar refractivity (Wildman–Crippen MR) is 83.5 cm³/mol. The van der Waals surface area contributed by atoms with Crippen molar-refractivity contribution in [3.63, 3.8) is 0 Å². The second kappa shape index (κ2) is 7.41. The van der Waals surface area contributed by atoms with Gasteiger partial charge in [0.1, 0.15) is 5.54 Å². The third-order valence-corrected chi connectivity index (χ3v) is 3.60. The van der Waals surface area contributed by atoms with Gasteiger partial charge in [0.05, 0.1) is 0 Å². The summed E-state index contributed by atoms with van der Waals surface area (Å²) in [6.07, 6.45) is 2.18. The van der Waals surface area contributed by atoms with Crippen LogP contribution in [0.2, 0.25) is 0 Å². The molecule has 112 valence electrons. The smallest absolute Gasteiger partial charge is 0.242 e. The quantitative estimate of drug-likeness (QED) is 0.757. The third kappa shape index (κ3) is 4.32. The highest BCUT2D eigenvalue weighted by atomic mass is 16.1. The summed E-state index contributed by atoms with van der Waals surface area (Å²) in [7, 11) is 4.01. The van der Waals surface area contributed by atoms with Crippen LogP contribution in [0.4, 0.5) is 0 Å². The Balaban J connectivity index is 2.85. The molecule has 0 radical (unpaired) electrons. The topological polar surface area (TPSA) is 58.4 Å². The lowest BCUT2D eigenvalue weighted by Gasteiger charge is -2.29. The third-order valence-electron chi connectivity index (χ3n) is 3.60. The Bertz CT molecular complexity index is 428. The lowest BCUT2D eigenvalue weighted by atomic mass is 9.90. The van der Waals surface area contributed by atoms with E-state index in [0.29, 0.717) is 6.54 Å². The Hall–Kier alpha value is -1.39. The molecule has 1 rings (SSSR count). The molecule has 0 spiro atoms. The van der Waals surface area contributed by atoms with E-state index in [1.165, 1.54) is 5.56 Å². The number of rotatable bonds is 8. The minimum absolute atomic E-state index is 0.348. The predicted octanol–water partition coefficient (Wildman–Crippen LogP) is 1.49. The average Bonchev–Trinajstić information content (AvgIpc) is 2.39. The summed E-state index contributed by atoms with van der Waals surface area (Å²) < 4.78 is 0. The fourth-order valence-corrected chi connectivity index (χ4v) is 2.15. The van der Waals surface area contributed by atoms with Crippen molar-refractivity contribution in [1.29, 1.82) is 0 Å². The van der Waals surface area contributed by atoms with Crippen molar-refractivity contribution >= 4 is 5.91 Å². The first kappa shape index (κ1) is 16.7. The maximum atomic E-state index is 11.9. The van der Waals surface area contributed by atoms with Gasteiger partial charge < -0.3 is 10.6 Å². The number of aryl methyl sites for hydroxylation is 1. The number of nitrogens with zero attached hydrogens (tertiary/aromatic N) is 1. The van der Waals surface area contributed by atoms with Crippen LogP contribution in [0.15, 0.2) is 24.3 Å². The summed E-state index contributed by atoms with van der Waals surface area (Å²) >= 11 is 0. The van der Waals surface area contributed by atoms with Crippen LogP contribution < -0.4 is 11.1 Å². The van der Waals surface area contributed by atoms with Crippen LogP contribution in [-0.4, -0.2) is 38.0 Å². The van der Waals surface area contributed by atoms with Gasteiger partial charge in [-0.15, -0.1) is 0 Å². The van der Waals surface area contributed by atoms with E-state index in [-0.39, 0.29) is 5.91 Å². The SMILES string of the molecule is CCCc1ccc(C(C)(NCCN(C)C)C(N)=O)cc1. The van der Waals surface area contributed by atoms with Crippen LogP contribution >= 0.6 is 0 Å². The molecule has 20 heavy (non-hydrogen) atoms. The summed E-state index contributed by atoms with van der Waals surface area (Å²) in [5.74, 6) is -0.348. The first-order valence-electron chi connectivity index (χ1n) is 7.19. The van der Waals surface area contributed by atoms with E-state index in [1.54, 1.807) is 0 Å². The van der Waals surface area contributed by atoms with Gasteiger partial charge in [0.15, 0.2) is 0 Å². The number of primary amides is 1. The van der Waals surface area contributed by atoms with Gasteiger partial charge in [-0.1, -0.05) is 37.6 Å². The van der Waals surface area contributed by atoms with Crippen LogP contribution in [0.3, 0.4) is 0 Å². The molecule has 0 heterocycles. The molecule has 4 heteroatoms. The van der Waals surface area contributed by atoms with E-state index in [0.717, 1.165) is 24.9 Å². The van der Waals surface area contributed by atoms with Gasteiger partial charge in [0.2, 0.25) is 5.91 Å². The van der Waals surface area contributed by atoms with Gasteiger partial charge in [-0.2, -0.15) is 0 Å². The minimum atomic E-state index is -0.819. The monoisotopic (exact) mass is 277 g/mol. The first-order valence-corrected chi connectivity index (χ1v) is 7.19. The number of nitrogens with one attached hydrogen (secondary N) is 1. The number of benzene rings is 1. The lowest BCUT2D eigenvalue weighted by molar-refractivity contribution is -0.124. The maximum absolute atomic E-state index is 11.9. The highest BCUT2D eigenvalue weighted by Gasteiger charge is 2.32. The summed E-state index contributed by atoms with van der Waals surface area (Å²) in [6, 6.07) is 8.15. The van der Waals surface area contributed by atoms with E-state index in [4.69, 9.17) is 5.73 Å². The van der Waals surface area contributed by atoms with Crippen LogP contribution in [0.25, 0.3) is 0 Å². The maximum Gasteiger partial charge on any atom is 0.242 e. The van der Waals surface area contributed by atoms with Gasteiger partial charge in [-0.3, -0.25) is 10.1 Å². The number of nitrogens with two attached hydrogens (primary N) is 1. The highest BCUT2D eigenvalue weighted by Crippen LogP contribution is 2.21. The number of amides is 1. The molecule has 0 saturated heterocycles. The first-order chi connectivity index (χ1) is 9.40. The average molecular weight is 277 g/mol. The highest BCUT2D eigenvalue weighted by molar-refractivity contribution is 5.85. The minimum Gasteiger partial charge on any atom is -0.368 e. The summed E-state index contributed by atoms with van der Waals surface area (Å²) in [6.45, 7) is 5.57. The number of likely N-dealkylation sites (N-methyl/N-ethyl adjacent to an activating group) is 1. The molecule has 0 aliphatic carbocycles. The van der Waals surface area contributed by atoms with Crippen molar-refractivity contribution in [2.45, 2.75) is 32.2 Å². The largest absolute Gasteiger partial charge is 0.368 e. The molecule has 1 unspecified atom stereocenters. The molecule has 0 bridgehead atoms. The number of hydrogen-bond donors (Lipinski definition) is 2. The van der Waals surface area contributed by atoms with E-state index in [9.17, 15) is 4.79 Å². The molecule has 1 amide bonds. The molecule has 3 N–H and O–H groups in total. The van der Waals surface area contributed by atoms with Crippen LogP contribution in [-0.2, 0) is 16.8 Å². The summed E-state index contributed by atoms with van der Waals surface area (Å²) in [5.41, 5.74) is 6.99. The van der Waals surface area contributed by atoms with E-state index in [1.807, 2.05) is 33.2 Å². The van der Waals surface area contributed by atoms with Crippen molar-refractivity contribution in [3.8, 4) is 0 Å². The van der Waals surface area contributed by atoms with E-state index >= 15 is 0 Å². The second-order valence-electron chi connectivity index (χ2n) is 5.67. The summed E-state index contributed by atoms with van der Waals surface area (Å²) in [5, 5.41) is 3.28. The van der Waals surface area contributed by atoms with Gasteiger partial charge in [-0.05, 0) is 38.6 Å². The molecular formula is C16H27N3O. The van der Waals surface area contributed by atoms with Gasteiger partial charge in [0, 0.05) is 13.1 Å². The van der Waals surface area contributed by atoms with Crippen molar-refractivity contribution in [2.75, 3.05) is 27.2 Å². The number of carbonyl (C=O) groups excluding carboxylic acids is 1. The molecule has 0 saturated carbocycles. The number of hydrogen-bond acceptors (Lipinski definition) is 3. The van der Waals surface area contributed by atoms with Crippen LogP contribution in [0.1, 0.15) is 31.4 Å². The molecule has 1 aromatic carbocycles. The van der Waals surface area contributed by atoms with Crippen molar-refractivity contribution in [3.05, 3.63) is 35.4 Å². The molecule has 0 aliphatic rings. The zero-order valence-electron chi connectivity index (χ0n) is 13.1. The molecule has 0 fully saturated rings. The fourth-order valence-electron chi connectivity index (χ4n) is 2.15. The molecule has 0 aliphatic heterocycles. The van der Waals surface area contributed by atoms with Gasteiger partial charge >= 0.3 is 0 Å². The van der Waals surface area contributed by atoms with Gasteiger partial charge in [-0.25, -0.2) is 0 Å². The Labute approximate surface area is 122 Å². The van der Waals surface area contributed by atoms with E-state index < -0.39 is 5.54 Å². The van der Waals surface area contributed by atoms with Crippen molar-refractivity contribution in [1.82, 2.24) is 10.2 Å². The summed E-state index contributed by atoms with van der Waals surface area (Å²) in [4.78, 5) is 13.9. The Morgan fingerprint density at radius 1 is 1.30 bits per heavy atom. The lowest BCUT2D eigenvalue weighted by Crippen LogP contribution is -2.51. The van der Waals surface area contributed by atoms with Crippen molar-refractivity contribution in [2.24, 2.45) is 5.73 Å². The Morgan fingerprint density at radius 3 is 2.35 bits per heavy atom. The molecule has 4 nitrogen and oxygen atoms in total. The van der Waals surface area contributed by atoms with Gasteiger partial charge in [0.25, 0.3) is 0 Å². The standard InChI is InChI=1S/C16H27N3O/c1-5-6-13-7-9-14(10-8-13)16(2,15(17)20)18-11-12-19(3)4/h7-10,18H,5-6,11-12H2,1-4H3,(H2,17,20). The van der Waals surface area contributed by atoms with E-state index in [2.05, 4.69) is 29.3 Å². The zero-order valence-corrected chi connectivity index (χ0v) is 13.1. The fraction of sp³-hybridized carbons (Fsp3) is 0.562. The second-order valence-corrected chi connectivity index (χ2v) is 5.67. The number of carbonyl (C=O) groups is 1. The van der Waals surface area contributed by atoms with Crippen LogP contribution in [0, 0.1) is 0 Å². The molecular weight excluding hydrogens is 250 g/mol. The molecule has 0 aromatic heterocycles. The van der Waals surface area contributed by atoms with Crippen molar-refractivity contribution < 1.29 is 4.79 Å². The molecule has 1 atom stereocenters.